The largest absolute Gasteiger partial charge is 0.486 e. The van der Waals surface area contributed by atoms with Gasteiger partial charge in [0.15, 0.2) is 5.82 Å². The lowest BCUT2D eigenvalue weighted by Gasteiger charge is -2.39. The molecule has 0 spiro atoms. The molecule has 1 atom stereocenters. The minimum Gasteiger partial charge on any atom is -0.486 e. The van der Waals surface area contributed by atoms with Gasteiger partial charge in [0.25, 0.3) is 0 Å². The van der Waals surface area contributed by atoms with Gasteiger partial charge in [-0.2, -0.15) is 0 Å². The zero-order chi connectivity index (χ0) is 17.8. The van der Waals surface area contributed by atoms with Gasteiger partial charge in [0, 0.05) is 6.54 Å². The molecule has 2 amide bonds. The van der Waals surface area contributed by atoms with E-state index in [0.717, 1.165) is 24.5 Å². The van der Waals surface area contributed by atoms with E-state index in [0.29, 0.717) is 13.1 Å². The van der Waals surface area contributed by atoms with Crippen molar-refractivity contribution in [3.63, 3.8) is 0 Å². The number of carbonyl (C=O) groups excluding carboxylic acids is 1. The van der Waals surface area contributed by atoms with Crippen molar-refractivity contribution < 1.29 is 9.53 Å². The maximum absolute atomic E-state index is 12.4. The standard InChI is InChI=1S/C18H25N5O2/c1-4-14-8-6-7-9-16(14)25-15-10-23(11-15)18(24)20-13(3)17-21-19-12-22(17)5-2/h6-9,12-13,15H,4-5,10-11H2,1-3H3,(H,20,24)/t13-/m1/s1. The Kier molecular flexibility index (Phi) is 5.21. The minimum atomic E-state index is -0.185. The molecule has 25 heavy (non-hydrogen) atoms. The van der Waals surface area contributed by atoms with E-state index in [1.165, 1.54) is 5.56 Å². The number of ether oxygens (including phenoxy) is 1. The summed E-state index contributed by atoms with van der Waals surface area (Å²) in [5, 5.41) is 11.0. The summed E-state index contributed by atoms with van der Waals surface area (Å²) in [6.45, 7) is 8.01. The third kappa shape index (κ3) is 3.75. The van der Waals surface area contributed by atoms with Crippen LogP contribution in [0.1, 0.15) is 38.2 Å². The molecule has 1 fully saturated rings. The van der Waals surface area contributed by atoms with E-state index in [2.05, 4.69) is 28.5 Å². The molecule has 7 heteroatoms. The molecule has 0 aliphatic carbocycles. The number of amides is 2. The lowest BCUT2D eigenvalue weighted by molar-refractivity contribution is 0.0429. The van der Waals surface area contributed by atoms with Crippen LogP contribution in [0, 0.1) is 0 Å². The molecule has 1 aliphatic heterocycles. The summed E-state index contributed by atoms with van der Waals surface area (Å²) in [6.07, 6.45) is 2.66. The van der Waals surface area contributed by atoms with Crippen molar-refractivity contribution in [1.82, 2.24) is 25.0 Å². The van der Waals surface area contributed by atoms with E-state index in [9.17, 15) is 4.79 Å². The van der Waals surface area contributed by atoms with Crippen LogP contribution in [0.3, 0.4) is 0 Å². The number of aryl methyl sites for hydroxylation is 2. The van der Waals surface area contributed by atoms with Crippen molar-refractivity contribution >= 4 is 6.03 Å². The number of nitrogens with one attached hydrogen (secondary N) is 1. The lowest BCUT2D eigenvalue weighted by Crippen LogP contribution is -2.59. The van der Waals surface area contributed by atoms with Crippen LogP contribution < -0.4 is 10.1 Å². The summed E-state index contributed by atoms with van der Waals surface area (Å²) in [6, 6.07) is 7.77. The summed E-state index contributed by atoms with van der Waals surface area (Å²) in [5.74, 6) is 1.68. The van der Waals surface area contributed by atoms with Crippen LogP contribution in [0.4, 0.5) is 4.79 Å². The normalized spacial score (nSPS) is 15.6. The average molecular weight is 343 g/mol. The summed E-state index contributed by atoms with van der Waals surface area (Å²) in [5.41, 5.74) is 1.19. The molecule has 2 aromatic rings. The van der Waals surface area contributed by atoms with Crippen molar-refractivity contribution in [2.45, 2.75) is 45.9 Å². The molecule has 1 N–H and O–H groups in total. The smallest absolute Gasteiger partial charge is 0.318 e. The van der Waals surface area contributed by atoms with Gasteiger partial charge >= 0.3 is 6.03 Å². The van der Waals surface area contributed by atoms with Gasteiger partial charge in [-0.15, -0.1) is 10.2 Å². The summed E-state index contributed by atoms with van der Waals surface area (Å²) in [7, 11) is 0. The first-order valence-corrected chi connectivity index (χ1v) is 8.80. The Labute approximate surface area is 148 Å². The Hall–Kier alpha value is -2.57. The number of aromatic nitrogens is 3. The third-order valence-corrected chi connectivity index (χ3v) is 4.50. The average Bonchev–Trinajstić information content (AvgIpc) is 3.06. The predicted octanol–water partition coefficient (Wildman–Crippen LogP) is 2.39. The van der Waals surface area contributed by atoms with Crippen LogP contribution >= 0.6 is 0 Å². The van der Waals surface area contributed by atoms with E-state index >= 15 is 0 Å². The van der Waals surface area contributed by atoms with Gasteiger partial charge < -0.3 is 19.5 Å². The highest BCUT2D eigenvalue weighted by atomic mass is 16.5. The molecule has 0 saturated carbocycles. The second-order valence-corrected chi connectivity index (χ2v) is 6.25. The molecule has 1 aromatic heterocycles. The minimum absolute atomic E-state index is 0.0491. The van der Waals surface area contributed by atoms with Gasteiger partial charge in [0.2, 0.25) is 0 Å². The molecular formula is C18H25N5O2. The van der Waals surface area contributed by atoms with Crippen molar-refractivity contribution in [2.24, 2.45) is 0 Å². The maximum Gasteiger partial charge on any atom is 0.318 e. The van der Waals surface area contributed by atoms with E-state index in [1.54, 1.807) is 11.2 Å². The third-order valence-electron chi connectivity index (χ3n) is 4.50. The SMILES string of the molecule is CCc1ccccc1OC1CN(C(=O)N[C@H](C)c2nncn2CC)C1. The first-order chi connectivity index (χ1) is 12.1. The molecule has 2 heterocycles. The second-order valence-electron chi connectivity index (χ2n) is 6.25. The fourth-order valence-electron chi connectivity index (χ4n) is 2.95. The highest BCUT2D eigenvalue weighted by molar-refractivity contribution is 5.75. The fourth-order valence-corrected chi connectivity index (χ4v) is 2.95. The Morgan fingerprint density at radius 2 is 2.12 bits per heavy atom. The summed E-state index contributed by atoms with van der Waals surface area (Å²) >= 11 is 0. The summed E-state index contributed by atoms with van der Waals surface area (Å²) < 4.78 is 7.94. The Morgan fingerprint density at radius 1 is 1.36 bits per heavy atom. The van der Waals surface area contributed by atoms with Gasteiger partial charge in [0.05, 0.1) is 19.1 Å². The monoisotopic (exact) mass is 343 g/mol. The zero-order valence-corrected chi connectivity index (χ0v) is 15.0. The Bertz CT molecular complexity index is 724. The summed E-state index contributed by atoms with van der Waals surface area (Å²) in [4.78, 5) is 14.1. The van der Waals surface area contributed by atoms with Crippen molar-refractivity contribution in [3.8, 4) is 5.75 Å². The van der Waals surface area contributed by atoms with Crippen LogP contribution in [0.5, 0.6) is 5.75 Å². The number of hydrogen-bond donors (Lipinski definition) is 1. The highest BCUT2D eigenvalue weighted by Crippen LogP contribution is 2.23. The number of benzene rings is 1. The number of urea groups is 1. The van der Waals surface area contributed by atoms with Gasteiger partial charge in [-0.1, -0.05) is 25.1 Å². The molecule has 1 aliphatic rings. The van der Waals surface area contributed by atoms with Crippen molar-refractivity contribution in [3.05, 3.63) is 42.0 Å². The van der Waals surface area contributed by atoms with Gasteiger partial charge in [-0.3, -0.25) is 0 Å². The van der Waals surface area contributed by atoms with E-state index in [1.807, 2.05) is 36.6 Å². The fraction of sp³-hybridized carbons (Fsp3) is 0.500. The lowest BCUT2D eigenvalue weighted by atomic mass is 10.1. The number of hydrogen-bond acceptors (Lipinski definition) is 4. The van der Waals surface area contributed by atoms with Crippen molar-refractivity contribution in [2.75, 3.05) is 13.1 Å². The molecule has 0 radical (unpaired) electrons. The van der Waals surface area contributed by atoms with E-state index < -0.39 is 0 Å². The quantitative estimate of drug-likeness (QED) is 0.874. The highest BCUT2D eigenvalue weighted by Gasteiger charge is 2.33. The van der Waals surface area contributed by atoms with E-state index in [-0.39, 0.29) is 18.2 Å². The first kappa shape index (κ1) is 17.3. The van der Waals surface area contributed by atoms with Gasteiger partial charge in [-0.05, 0) is 31.9 Å². The van der Waals surface area contributed by atoms with Gasteiger partial charge in [0.1, 0.15) is 18.2 Å². The van der Waals surface area contributed by atoms with Crippen LogP contribution in [0.15, 0.2) is 30.6 Å². The maximum atomic E-state index is 12.4. The van der Waals surface area contributed by atoms with Gasteiger partial charge in [-0.25, -0.2) is 4.79 Å². The number of rotatable bonds is 6. The molecule has 3 rings (SSSR count). The number of likely N-dealkylation sites (tertiary alicyclic amines) is 1. The van der Waals surface area contributed by atoms with Crippen LogP contribution in [0.25, 0.3) is 0 Å². The molecule has 1 aromatic carbocycles. The zero-order valence-electron chi connectivity index (χ0n) is 15.0. The number of nitrogens with zero attached hydrogens (tertiary/aromatic N) is 4. The Balaban J connectivity index is 1.50. The predicted molar refractivity (Wildman–Crippen MR) is 94.5 cm³/mol. The molecule has 7 nitrogen and oxygen atoms in total. The second kappa shape index (κ2) is 7.55. The molecule has 0 bridgehead atoms. The number of para-hydroxylation sites is 1. The molecule has 134 valence electrons. The molecular weight excluding hydrogens is 318 g/mol. The Morgan fingerprint density at radius 3 is 2.84 bits per heavy atom. The molecule has 0 unspecified atom stereocenters. The van der Waals surface area contributed by atoms with Crippen molar-refractivity contribution in [1.29, 1.82) is 0 Å². The van der Waals surface area contributed by atoms with Crippen LogP contribution in [0.2, 0.25) is 0 Å². The molecule has 1 saturated heterocycles. The van der Waals surface area contributed by atoms with E-state index in [4.69, 9.17) is 4.74 Å². The topological polar surface area (TPSA) is 72.3 Å². The first-order valence-electron chi connectivity index (χ1n) is 8.80. The van der Waals surface area contributed by atoms with Crippen LogP contribution in [-0.4, -0.2) is 44.9 Å². The number of carbonyl (C=O) groups is 1. The van der Waals surface area contributed by atoms with Crippen LogP contribution in [-0.2, 0) is 13.0 Å².